The predicted molar refractivity (Wildman–Crippen MR) is 60.0 cm³/mol. The van der Waals surface area contributed by atoms with Gasteiger partial charge in [0, 0.05) is 25.6 Å². The molecule has 0 radical (unpaired) electrons. The third-order valence-corrected chi connectivity index (χ3v) is 3.43. The van der Waals surface area contributed by atoms with Crippen molar-refractivity contribution in [3.63, 3.8) is 0 Å². The highest BCUT2D eigenvalue weighted by Crippen LogP contribution is 2.03. The van der Waals surface area contributed by atoms with Crippen LogP contribution in [-0.4, -0.2) is 44.0 Å². The molecule has 0 aromatic heterocycles. The Labute approximate surface area is 91.9 Å². The lowest BCUT2D eigenvalue weighted by Crippen LogP contribution is -2.41. The minimum absolute atomic E-state index is 0.0628. The summed E-state index contributed by atoms with van der Waals surface area (Å²) in [5.41, 5.74) is 0. The van der Waals surface area contributed by atoms with E-state index in [-0.39, 0.29) is 11.9 Å². The summed E-state index contributed by atoms with van der Waals surface area (Å²) in [4.78, 5) is 10.9. The van der Waals surface area contributed by atoms with Gasteiger partial charge in [0.15, 0.2) is 0 Å². The average molecular weight is 236 g/mol. The van der Waals surface area contributed by atoms with Crippen molar-refractivity contribution in [3.05, 3.63) is 0 Å². The van der Waals surface area contributed by atoms with Crippen LogP contribution in [0, 0.1) is 0 Å². The molecule has 0 aliphatic rings. The Balaban J connectivity index is 4.17. The van der Waals surface area contributed by atoms with Crippen molar-refractivity contribution in [2.75, 3.05) is 19.3 Å². The topological polar surface area (TPSA) is 66.5 Å². The highest BCUT2D eigenvalue weighted by molar-refractivity contribution is 7.88. The molecule has 0 aliphatic heterocycles. The molecule has 0 aromatic carbocycles. The Morgan fingerprint density at radius 1 is 1.40 bits per heavy atom. The molecule has 5 nitrogen and oxygen atoms in total. The van der Waals surface area contributed by atoms with Crippen LogP contribution in [0.1, 0.15) is 27.2 Å². The zero-order valence-corrected chi connectivity index (χ0v) is 10.6. The van der Waals surface area contributed by atoms with E-state index < -0.39 is 10.0 Å². The van der Waals surface area contributed by atoms with E-state index in [0.717, 1.165) is 0 Å². The van der Waals surface area contributed by atoms with E-state index in [4.69, 9.17) is 0 Å². The van der Waals surface area contributed by atoms with Gasteiger partial charge in [-0.3, -0.25) is 4.79 Å². The van der Waals surface area contributed by atoms with E-state index in [0.29, 0.717) is 19.5 Å². The van der Waals surface area contributed by atoms with Gasteiger partial charge >= 0.3 is 0 Å². The molecular formula is C9H20N2O3S. The summed E-state index contributed by atoms with van der Waals surface area (Å²) >= 11 is 0. The van der Waals surface area contributed by atoms with Crippen molar-refractivity contribution >= 4 is 15.9 Å². The number of nitrogens with one attached hydrogen (secondary N) is 1. The Morgan fingerprint density at radius 2 is 1.93 bits per heavy atom. The molecule has 0 atom stereocenters. The fourth-order valence-electron chi connectivity index (χ4n) is 1.24. The molecule has 0 bridgehead atoms. The minimum Gasteiger partial charge on any atom is -0.355 e. The Bertz CT molecular complexity index is 298. The third-order valence-electron chi connectivity index (χ3n) is 1.98. The summed E-state index contributed by atoms with van der Waals surface area (Å²) in [5.74, 6) is -0.0628. The van der Waals surface area contributed by atoms with Crippen molar-refractivity contribution < 1.29 is 13.2 Å². The monoisotopic (exact) mass is 236 g/mol. The van der Waals surface area contributed by atoms with Crippen LogP contribution >= 0.6 is 0 Å². The van der Waals surface area contributed by atoms with Crippen molar-refractivity contribution in [3.8, 4) is 0 Å². The summed E-state index contributed by atoms with van der Waals surface area (Å²) in [5, 5.41) is 2.64. The number of hydrogen-bond acceptors (Lipinski definition) is 3. The van der Waals surface area contributed by atoms with Gasteiger partial charge in [0.2, 0.25) is 15.9 Å². The maximum Gasteiger partial charge on any atom is 0.219 e. The Kier molecular flexibility index (Phi) is 5.82. The first kappa shape index (κ1) is 14.4. The van der Waals surface area contributed by atoms with Crippen LogP contribution in [0.25, 0.3) is 0 Å². The highest BCUT2D eigenvalue weighted by Gasteiger charge is 2.19. The Hall–Kier alpha value is -0.620. The van der Waals surface area contributed by atoms with Crippen molar-refractivity contribution in [1.82, 2.24) is 9.62 Å². The fourth-order valence-corrected chi connectivity index (χ4v) is 2.43. The molecule has 0 aliphatic carbocycles. The van der Waals surface area contributed by atoms with Gasteiger partial charge in [-0.05, 0) is 13.8 Å². The standard InChI is InChI=1S/C9H20N2O3S/c1-5-9(12)10-6-7-11(8(2)3)15(4,13)14/h8H,5-7H2,1-4H3,(H,10,12). The van der Waals surface area contributed by atoms with Gasteiger partial charge in [-0.25, -0.2) is 8.42 Å². The molecule has 0 unspecified atom stereocenters. The van der Waals surface area contributed by atoms with Crippen LogP contribution in [0.3, 0.4) is 0 Å². The number of carbonyl (C=O) groups is 1. The maximum absolute atomic E-state index is 11.3. The van der Waals surface area contributed by atoms with Crippen LogP contribution in [0.5, 0.6) is 0 Å². The molecule has 0 saturated carbocycles. The van der Waals surface area contributed by atoms with E-state index >= 15 is 0 Å². The first-order valence-electron chi connectivity index (χ1n) is 5.02. The van der Waals surface area contributed by atoms with Crippen LogP contribution in [-0.2, 0) is 14.8 Å². The summed E-state index contributed by atoms with van der Waals surface area (Å²) in [6.07, 6.45) is 1.59. The zero-order chi connectivity index (χ0) is 12.1. The molecule has 1 amide bonds. The van der Waals surface area contributed by atoms with E-state index in [9.17, 15) is 13.2 Å². The minimum atomic E-state index is -3.19. The molecule has 1 N–H and O–H groups in total. The average Bonchev–Trinajstić information content (AvgIpc) is 2.09. The second kappa shape index (κ2) is 6.07. The number of hydrogen-bond donors (Lipinski definition) is 1. The maximum atomic E-state index is 11.3. The lowest BCUT2D eigenvalue weighted by atomic mass is 10.4. The second-order valence-corrected chi connectivity index (χ2v) is 5.61. The third kappa shape index (κ3) is 5.74. The predicted octanol–water partition coefficient (Wildman–Crippen LogP) is 0.183. The smallest absolute Gasteiger partial charge is 0.219 e. The van der Waals surface area contributed by atoms with Crippen LogP contribution in [0.4, 0.5) is 0 Å². The van der Waals surface area contributed by atoms with E-state index in [1.54, 1.807) is 6.92 Å². The van der Waals surface area contributed by atoms with Gasteiger partial charge in [-0.1, -0.05) is 6.92 Å². The molecule has 0 fully saturated rings. The summed E-state index contributed by atoms with van der Waals surface area (Å²) < 4.78 is 24.0. The van der Waals surface area contributed by atoms with Gasteiger partial charge in [-0.15, -0.1) is 0 Å². The molecule has 90 valence electrons. The van der Waals surface area contributed by atoms with Crippen molar-refractivity contribution in [1.29, 1.82) is 0 Å². The number of rotatable bonds is 6. The van der Waals surface area contributed by atoms with Gasteiger partial charge in [0.05, 0.1) is 6.26 Å². The van der Waals surface area contributed by atoms with Gasteiger partial charge in [0.25, 0.3) is 0 Å². The van der Waals surface area contributed by atoms with E-state index in [1.165, 1.54) is 10.6 Å². The van der Waals surface area contributed by atoms with Gasteiger partial charge < -0.3 is 5.32 Å². The number of nitrogens with zero attached hydrogens (tertiary/aromatic N) is 1. The summed E-state index contributed by atoms with van der Waals surface area (Å²) in [6, 6.07) is -0.0847. The molecule has 0 saturated heterocycles. The lowest BCUT2D eigenvalue weighted by Gasteiger charge is -2.23. The molecule has 0 rings (SSSR count). The molecule has 6 heteroatoms. The zero-order valence-electron chi connectivity index (χ0n) is 9.78. The molecule has 0 heterocycles. The number of amides is 1. The molecular weight excluding hydrogens is 216 g/mol. The largest absolute Gasteiger partial charge is 0.355 e. The Morgan fingerprint density at radius 3 is 2.27 bits per heavy atom. The quantitative estimate of drug-likeness (QED) is 0.715. The SMILES string of the molecule is CCC(=O)NCCN(C(C)C)S(C)(=O)=O. The van der Waals surface area contributed by atoms with Crippen LogP contribution in [0.2, 0.25) is 0 Å². The molecule has 0 spiro atoms. The summed E-state index contributed by atoms with van der Waals surface area (Å²) in [7, 11) is -3.19. The highest BCUT2D eigenvalue weighted by atomic mass is 32.2. The van der Waals surface area contributed by atoms with E-state index in [2.05, 4.69) is 5.32 Å². The first-order valence-corrected chi connectivity index (χ1v) is 6.87. The first-order chi connectivity index (χ1) is 6.79. The van der Waals surface area contributed by atoms with Gasteiger partial charge in [-0.2, -0.15) is 4.31 Å². The van der Waals surface area contributed by atoms with Crippen molar-refractivity contribution in [2.24, 2.45) is 0 Å². The lowest BCUT2D eigenvalue weighted by molar-refractivity contribution is -0.120. The normalized spacial score (nSPS) is 12.1. The fraction of sp³-hybridized carbons (Fsp3) is 0.889. The van der Waals surface area contributed by atoms with Crippen molar-refractivity contribution in [2.45, 2.75) is 33.2 Å². The van der Waals surface area contributed by atoms with Gasteiger partial charge in [0.1, 0.15) is 0 Å². The van der Waals surface area contributed by atoms with Crippen LogP contribution in [0.15, 0.2) is 0 Å². The second-order valence-electron chi connectivity index (χ2n) is 3.67. The van der Waals surface area contributed by atoms with E-state index in [1.807, 2.05) is 13.8 Å². The number of carbonyl (C=O) groups excluding carboxylic acids is 1. The summed E-state index contributed by atoms with van der Waals surface area (Å²) in [6.45, 7) is 6.05. The molecule has 0 aromatic rings. The number of sulfonamides is 1. The molecule has 15 heavy (non-hydrogen) atoms. The van der Waals surface area contributed by atoms with Crippen LogP contribution < -0.4 is 5.32 Å².